The van der Waals surface area contributed by atoms with Gasteiger partial charge >= 0.3 is 0 Å². The van der Waals surface area contributed by atoms with Crippen molar-refractivity contribution in [2.75, 3.05) is 0 Å². The second-order valence-corrected chi connectivity index (χ2v) is 7.50. The first-order valence-electron chi connectivity index (χ1n) is 8.29. The zero-order chi connectivity index (χ0) is 18.8. The van der Waals surface area contributed by atoms with Gasteiger partial charge in [0.25, 0.3) is 5.91 Å². The van der Waals surface area contributed by atoms with Crippen LogP contribution in [0, 0.1) is 6.92 Å². The molecule has 1 saturated heterocycles. The Hall–Kier alpha value is -2.76. The number of thioether (sulfide) groups is 1. The summed E-state index contributed by atoms with van der Waals surface area (Å²) >= 11 is 7.32. The Morgan fingerprint density at radius 3 is 2.70 bits per heavy atom. The van der Waals surface area contributed by atoms with Gasteiger partial charge in [-0.2, -0.15) is 0 Å². The Morgan fingerprint density at radius 1 is 1.11 bits per heavy atom. The van der Waals surface area contributed by atoms with E-state index in [0.717, 1.165) is 16.8 Å². The molecule has 0 spiro atoms. The predicted molar refractivity (Wildman–Crippen MR) is 111 cm³/mol. The normalized spacial score (nSPS) is 16.9. The van der Waals surface area contributed by atoms with Crippen LogP contribution in [-0.2, 0) is 4.79 Å². The maximum absolute atomic E-state index is 12.2. The average molecular weight is 395 g/mol. The summed E-state index contributed by atoms with van der Waals surface area (Å²) in [5.74, 6) is 1.10. The molecule has 0 radical (unpaired) electrons. The van der Waals surface area contributed by atoms with Crippen LogP contribution in [0.5, 0.6) is 0 Å². The van der Waals surface area contributed by atoms with Gasteiger partial charge in [0, 0.05) is 16.7 Å². The summed E-state index contributed by atoms with van der Waals surface area (Å²) in [6.45, 7) is 2.02. The highest BCUT2D eigenvalue weighted by atomic mass is 35.5. The van der Waals surface area contributed by atoms with Crippen molar-refractivity contribution in [3.63, 3.8) is 0 Å². The lowest BCUT2D eigenvalue weighted by molar-refractivity contribution is -0.115. The highest BCUT2D eigenvalue weighted by Gasteiger charge is 2.24. The molecule has 27 heavy (non-hydrogen) atoms. The number of rotatable bonds is 3. The number of carbonyl (C=O) groups is 1. The Bertz CT molecular complexity index is 1070. The maximum atomic E-state index is 12.2. The van der Waals surface area contributed by atoms with E-state index in [-0.39, 0.29) is 5.91 Å². The van der Waals surface area contributed by atoms with E-state index in [2.05, 4.69) is 10.3 Å². The molecule has 2 heterocycles. The smallest absolute Gasteiger partial charge is 0.264 e. The van der Waals surface area contributed by atoms with E-state index in [1.54, 1.807) is 6.08 Å². The van der Waals surface area contributed by atoms with Crippen LogP contribution in [0.25, 0.3) is 17.4 Å². The molecular formula is C21H15ClN2O2S. The lowest BCUT2D eigenvalue weighted by atomic mass is 10.2. The number of hydrogen-bond donors (Lipinski definition) is 1. The van der Waals surface area contributed by atoms with Crippen molar-refractivity contribution in [2.24, 2.45) is 4.99 Å². The number of amidine groups is 1. The third-order valence-electron chi connectivity index (χ3n) is 3.92. The third kappa shape index (κ3) is 4.15. The van der Waals surface area contributed by atoms with E-state index in [1.165, 1.54) is 11.8 Å². The van der Waals surface area contributed by atoms with Gasteiger partial charge in [-0.3, -0.25) is 4.79 Å². The SMILES string of the molecule is Cc1ccc(N=C2NC(=O)/C(=C/c3ccc(-c4cccc(Cl)c4)o3)S2)cc1. The van der Waals surface area contributed by atoms with Crippen molar-refractivity contribution >= 4 is 46.2 Å². The van der Waals surface area contributed by atoms with E-state index in [9.17, 15) is 4.79 Å². The summed E-state index contributed by atoms with van der Waals surface area (Å²) in [6.07, 6.45) is 1.71. The molecular weight excluding hydrogens is 380 g/mol. The van der Waals surface area contributed by atoms with Gasteiger partial charge in [0.2, 0.25) is 0 Å². The van der Waals surface area contributed by atoms with E-state index in [0.29, 0.717) is 26.6 Å². The van der Waals surface area contributed by atoms with E-state index in [4.69, 9.17) is 16.0 Å². The number of amides is 1. The minimum Gasteiger partial charge on any atom is -0.457 e. The van der Waals surface area contributed by atoms with Crippen molar-refractivity contribution in [2.45, 2.75) is 6.92 Å². The summed E-state index contributed by atoms with van der Waals surface area (Å²) in [7, 11) is 0. The standard InChI is InChI=1S/C21H15ClN2O2S/c1-13-5-7-16(8-6-13)23-21-24-20(25)19(27-21)12-17-9-10-18(26-17)14-3-2-4-15(22)11-14/h2-12H,1H3,(H,23,24,25)/b19-12-. The first-order chi connectivity index (χ1) is 13.1. The summed E-state index contributed by atoms with van der Waals surface area (Å²) in [5.41, 5.74) is 2.85. The topological polar surface area (TPSA) is 54.6 Å². The molecule has 1 amide bonds. The molecule has 134 valence electrons. The van der Waals surface area contributed by atoms with E-state index < -0.39 is 0 Å². The summed E-state index contributed by atoms with van der Waals surface area (Å²) in [5, 5.41) is 3.98. The molecule has 0 atom stereocenters. The number of furan rings is 1. The van der Waals surface area contributed by atoms with Crippen LogP contribution in [0.4, 0.5) is 5.69 Å². The monoisotopic (exact) mass is 394 g/mol. The number of aliphatic imine (C=N–C) groups is 1. The van der Waals surface area contributed by atoms with E-state index in [1.807, 2.05) is 67.6 Å². The summed E-state index contributed by atoms with van der Waals surface area (Å²) in [4.78, 5) is 17.2. The molecule has 4 nitrogen and oxygen atoms in total. The fourth-order valence-electron chi connectivity index (χ4n) is 2.57. The lowest BCUT2D eigenvalue weighted by Crippen LogP contribution is -2.19. The van der Waals surface area contributed by atoms with Crippen LogP contribution >= 0.6 is 23.4 Å². The summed E-state index contributed by atoms with van der Waals surface area (Å²) < 4.78 is 5.83. The lowest BCUT2D eigenvalue weighted by Gasteiger charge is -1.97. The van der Waals surface area contributed by atoms with Gasteiger partial charge in [-0.1, -0.05) is 41.4 Å². The fraction of sp³-hybridized carbons (Fsp3) is 0.0476. The minimum atomic E-state index is -0.188. The molecule has 0 saturated carbocycles. The fourth-order valence-corrected chi connectivity index (χ4v) is 3.59. The second kappa shape index (κ2) is 7.47. The molecule has 2 aromatic carbocycles. The minimum absolute atomic E-state index is 0.188. The number of nitrogens with one attached hydrogen (secondary N) is 1. The molecule has 0 bridgehead atoms. The molecule has 6 heteroatoms. The number of aryl methyl sites for hydroxylation is 1. The second-order valence-electron chi connectivity index (χ2n) is 6.03. The van der Waals surface area contributed by atoms with Crippen LogP contribution < -0.4 is 5.32 Å². The van der Waals surface area contributed by atoms with Gasteiger partial charge in [0.15, 0.2) is 5.17 Å². The molecule has 1 aliphatic heterocycles. The van der Waals surface area contributed by atoms with Crippen molar-refractivity contribution in [3.8, 4) is 11.3 Å². The first kappa shape index (κ1) is 17.6. The van der Waals surface area contributed by atoms with Crippen LogP contribution in [-0.4, -0.2) is 11.1 Å². The Morgan fingerprint density at radius 2 is 1.93 bits per heavy atom. The van der Waals surface area contributed by atoms with Crippen LogP contribution in [0.1, 0.15) is 11.3 Å². The zero-order valence-corrected chi connectivity index (χ0v) is 16.0. The van der Waals surface area contributed by atoms with Gasteiger partial charge in [0.1, 0.15) is 11.5 Å². The number of carbonyl (C=O) groups excluding carboxylic acids is 1. The highest BCUT2D eigenvalue weighted by Crippen LogP contribution is 2.30. The summed E-state index contributed by atoms with van der Waals surface area (Å²) in [6, 6.07) is 18.9. The van der Waals surface area contributed by atoms with Gasteiger partial charge in [-0.25, -0.2) is 4.99 Å². The predicted octanol–water partition coefficient (Wildman–Crippen LogP) is 5.80. The number of benzene rings is 2. The number of halogens is 1. The van der Waals surface area contributed by atoms with E-state index >= 15 is 0 Å². The third-order valence-corrected chi connectivity index (χ3v) is 5.07. The molecule has 1 aromatic heterocycles. The Labute approximate surface area is 166 Å². The van der Waals surface area contributed by atoms with Gasteiger partial charge in [0.05, 0.1) is 10.6 Å². The zero-order valence-electron chi connectivity index (χ0n) is 14.4. The molecule has 0 unspecified atom stereocenters. The number of hydrogen-bond acceptors (Lipinski definition) is 4. The molecule has 1 N–H and O–H groups in total. The van der Waals surface area contributed by atoms with Crippen LogP contribution in [0.2, 0.25) is 5.02 Å². The Kier molecular flexibility index (Phi) is 4.88. The quantitative estimate of drug-likeness (QED) is 0.571. The molecule has 1 fully saturated rings. The molecule has 3 aromatic rings. The van der Waals surface area contributed by atoms with Gasteiger partial charge in [-0.05, 0) is 55.1 Å². The number of nitrogens with zero attached hydrogens (tertiary/aromatic N) is 1. The maximum Gasteiger partial charge on any atom is 0.264 e. The van der Waals surface area contributed by atoms with Crippen molar-refractivity contribution in [1.82, 2.24) is 5.32 Å². The van der Waals surface area contributed by atoms with Crippen LogP contribution in [0.15, 0.2) is 75.0 Å². The van der Waals surface area contributed by atoms with Gasteiger partial charge in [-0.15, -0.1) is 0 Å². The van der Waals surface area contributed by atoms with Crippen molar-refractivity contribution in [3.05, 3.63) is 81.9 Å². The van der Waals surface area contributed by atoms with Crippen molar-refractivity contribution < 1.29 is 9.21 Å². The highest BCUT2D eigenvalue weighted by molar-refractivity contribution is 8.18. The Balaban J connectivity index is 1.54. The molecule has 4 rings (SSSR count). The average Bonchev–Trinajstić information content (AvgIpc) is 3.24. The molecule has 0 aliphatic carbocycles. The first-order valence-corrected chi connectivity index (χ1v) is 9.48. The van der Waals surface area contributed by atoms with Crippen LogP contribution in [0.3, 0.4) is 0 Å². The van der Waals surface area contributed by atoms with Gasteiger partial charge < -0.3 is 9.73 Å². The molecule has 1 aliphatic rings. The largest absolute Gasteiger partial charge is 0.457 e. The van der Waals surface area contributed by atoms with Crippen molar-refractivity contribution in [1.29, 1.82) is 0 Å².